The van der Waals surface area contributed by atoms with Gasteiger partial charge in [-0.15, -0.1) is 0 Å². The van der Waals surface area contributed by atoms with Gasteiger partial charge in [-0.3, -0.25) is 9.89 Å². The molecule has 0 radical (unpaired) electrons. The van der Waals surface area contributed by atoms with E-state index in [-0.39, 0.29) is 11.8 Å². The zero-order chi connectivity index (χ0) is 16.1. The molecule has 122 valence electrons. The highest BCUT2D eigenvalue weighted by Crippen LogP contribution is 2.26. The van der Waals surface area contributed by atoms with Crippen LogP contribution in [0.1, 0.15) is 23.4 Å². The Bertz CT molecular complexity index is 669. The fourth-order valence-electron chi connectivity index (χ4n) is 2.76. The zero-order valence-electron chi connectivity index (χ0n) is 13.2. The number of ether oxygens (including phenoxy) is 2. The average molecular weight is 315 g/mol. The summed E-state index contributed by atoms with van der Waals surface area (Å²) >= 11 is 0. The Morgan fingerprint density at radius 3 is 3.22 bits per heavy atom. The summed E-state index contributed by atoms with van der Waals surface area (Å²) in [5.41, 5.74) is 2.79. The van der Waals surface area contributed by atoms with Crippen molar-refractivity contribution < 1.29 is 14.3 Å². The van der Waals surface area contributed by atoms with Crippen molar-refractivity contribution in [1.82, 2.24) is 15.5 Å². The molecule has 2 heterocycles. The minimum atomic E-state index is -0.0694. The first-order valence-electron chi connectivity index (χ1n) is 7.77. The lowest BCUT2D eigenvalue weighted by atomic mass is 9.96. The number of carbonyl (C=O) groups is 1. The Hall–Kier alpha value is -2.34. The number of aromatic nitrogens is 2. The molecule has 6 heteroatoms. The first-order chi connectivity index (χ1) is 11.3. The molecule has 0 saturated carbocycles. The van der Waals surface area contributed by atoms with Gasteiger partial charge in [0.15, 0.2) is 0 Å². The van der Waals surface area contributed by atoms with Crippen LogP contribution in [0.15, 0.2) is 30.3 Å². The lowest BCUT2D eigenvalue weighted by Crippen LogP contribution is -2.32. The molecule has 2 N–H and O–H groups in total. The maximum atomic E-state index is 12.4. The minimum absolute atomic E-state index is 0.0493. The van der Waals surface area contributed by atoms with E-state index in [4.69, 9.17) is 9.47 Å². The number of carbonyl (C=O) groups excluding carboxylic acids is 1. The Morgan fingerprint density at radius 1 is 1.48 bits per heavy atom. The van der Waals surface area contributed by atoms with Gasteiger partial charge in [-0.25, -0.2) is 0 Å². The number of hydrogen-bond donors (Lipinski definition) is 2. The zero-order valence-corrected chi connectivity index (χ0v) is 13.2. The van der Waals surface area contributed by atoms with Gasteiger partial charge in [-0.1, -0.05) is 18.2 Å². The van der Waals surface area contributed by atoms with E-state index in [1.165, 1.54) is 0 Å². The SMILES string of the molecule is COCc1cc(CNC(=O)C2CCOc3ccccc3C2)[nH]n1. The molecule has 3 rings (SSSR count). The molecule has 0 spiro atoms. The van der Waals surface area contributed by atoms with E-state index in [0.717, 1.165) is 29.1 Å². The van der Waals surface area contributed by atoms with Gasteiger partial charge in [0.05, 0.1) is 31.1 Å². The normalized spacial score (nSPS) is 17.0. The van der Waals surface area contributed by atoms with Crippen molar-refractivity contribution in [3.63, 3.8) is 0 Å². The monoisotopic (exact) mass is 315 g/mol. The standard InChI is InChI=1S/C17H21N3O3/c1-22-11-15-9-14(19-20-15)10-18-17(21)13-6-7-23-16-5-3-2-4-12(16)8-13/h2-5,9,13H,6-8,10-11H2,1H3,(H,18,21)(H,19,20). The Labute approximate surface area is 135 Å². The summed E-state index contributed by atoms with van der Waals surface area (Å²) in [6, 6.07) is 9.80. The van der Waals surface area contributed by atoms with Crippen LogP contribution in [0.4, 0.5) is 0 Å². The van der Waals surface area contributed by atoms with Gasteiger partial charge in [0, 0.05) is 13.0 Å². The van der Waals surface area contributed by atoms with Gasteiger partial charge in [0.1, 0.15) is 5.75 Å². The van der Waals surface area contributed by atoms with Crippen molar-refractivity contribution in [1.29, 1.82) is 0 Å². The van der Waals surface area contributed by atoms with Crippen molar-refractivity contribution in [3.05, 3.63) is 47.3 Å². The van der Waals surface area contributed by atoms with Crippen molar-refractivity contribution in [2.45, 2.75) is 26.0 Å². The number of methoxy groups -OCH3 is 1. The first-order valence-corrected chi connectivity index (χ1v) is 7.77. The molecule has 1 atom stereocenters. The smallest absolute Gasteiger partial charge is 0.223 e. The molecule has 1 aromatic heterocycles. The third-order valence-electron chi connectivity index (χ3n) is 3.96. The highest BCUT2D eigenvalue weighted by atomic mass is 16.5. The van der Waals surface area contributed by atoms with Crippen LogP contribution in [0.25, 0.3) is 0 Å². The number of benzene rings is 1. The van der Waals surface area contributed by atoms with Crippen LogP contribution in [0.5, 0.6) is 5.75 Å². The van der Waals surface area contributed by atoms with E-state index in [9.17, 15) is 4.79 Å². The van der Waals surface area contributed by atoms with E-state index in [1.54, 1.807) is 7.11 Å². The number of amides is 1. The Morgan fingerprint density at radius 2 is 2.35 bits per heavy atom. The van der Waals surface area contributed by atoms with Gasteiger partial charge in [0.2, 0.25) is 5.91 Å². The van der Waals surface area contributed by atoms with Crippen LogP contribution in [-0.4, -0.2) is 29.8 Å². The van der Waals surface area contributed by atoms with E-state index in [2.05, 4.69) is 15.5 Å². The molecular weight excluding hydrogens is 294 g/mol. The molecule has 2 aromatic rings. The number of hydrogen-bond acceptors (Lipinski definition) is 4. The summed E-state index contributed by atoms with van der Waals surface area (Å²) < 4.78 is 10.7. The van der Waals surface area contributed by atoms with Crippen molar-refractivity contribution in [3.8, 4) is 5.75 Å². The van der Waals surface area contributed by atoms with Crippen molar-refractivity contribution in [2.24, 2.45) is 5.92 Å². The second kappa shape index (κ2) is 7.28. The number of nitrogens with one attached hydrogen (secondary N) is 2. The lowest BCUT2D eigenvalue weighted by Gasteiger charge is -2.13. The number of fused-ring (bicyclic) bond motifs is 1. The summed E-state index contributed by atoms with van der Waals surface area (Å²) in [5, 5.41) is 10.0. The van der Waals surface area contributed by atoms with Gasteiger partial charge in [-0.05, 0) is 30.5 Å². The third kappa shape index (κ3) is 3.90. The highest BCUT2D eigenvalue weighted by molar-refractivity contribution is 5.79. The van der Waals surface area contributed by atoms with E-state index < -0.39 is 0 Å². The molecule has 1 aliphatic rings. The highest BCUT2D eigenvalue weighted by Gasteiger charge is 2.23. The van der Waals surface area contributed by atoms with Crippen LogP contribution in [0, 0.1) is 5.92 Å². The quantitative estimate of drug-likeness (QED) is 0.882. The summed E-state index contributed by atoms with van der Waals surface area (Å²) in [6.45, 7) is 1.47. The van der Waals surface area contributed by atoms with Gasteiger partial charge < -0.3 is 14.8 Å². The predicted octanol–water partition coefficient (Wildman–Crippen LogP) is 1.81. The molecule has 6 nitrogen and oxygen atoms in total. The molecule has 1 amide bonds. The molecule has 0 saturated heterocycles. The molecule has 0 bridgehead atoms. The van der Waals surface area contributed by atoms with Gasteiger partial charge in [-0.2, -0.15) is 5.10 Å². The van der Waals surface area contributed by atoms with Crippen LogP contribution < -0.4 is 10.1 Å². The number of aromatic amines is 1. The molecular formula is C17H21N3O3. The second-order valence-corrected chi connectivity index (χ2v) is 5.68. The Kier molecular flexibility index (Phi) is 4.92. The summed E-state index contributed by atoms with van der Waals surface area (Å²) in [5.74, 6) is 0.869. The molecule has 23 heavy (non-hydrogen) atoms. The first kappa shape index (κ1) is 15.6. The van der Waals surface area contributed by atoms with Crippen LogP contribution in [0.3, 0.4) is 0 Å². The third-order valence-corrected chi connectivity index (χ3v) is 3.96. The van der Waals surface area contributed by atoms with Crippen LogP contribution in [0.2, 0.25) is 0 Å². The lowest BCUT2D eigenvalue weighted by molar-refractivity contribution is -0.125. The Balaban J connectivity index is 1.57. The number of para-hydroxylation sites is 1. The van der Waals surface area contributed by atoms with E-state index in [1.807, 2.05) is 30.3 Å². The molecule has 1 aliphatic heterocycles. The van der Waals surface area contributed by atoms with E-state index >= 15 is 0 Å². The predicted molar refractivity (Wildman–Crippen MR) is 84.9 cm³/mol. The largest absolute Gasteiger partial charge is 0.493 e. The minimum Gasteiger partial charge on any atom is -0.493 e. The summed E-state index contributed by atoms with van der Waals surface area (Å²) in [4.78, 5) is 12.4. The number of rotatable bonds is 5. The van der Waals surface area contributed by atoms with Gasteiger partial charge >= 0.3 is 0 Å². The molecule has 0 aliphatic carbocycles. The summed E-state index contributed by atoms with van der Waals surface area (Å²) in [6.07, 6.45) is 1.43. The molecule has 1 aromatic carbocycles. The van der Waals surface area contributed by atoms with E-state index in [0.29, 0.717) is 26.2 Å². The van der Waals surface area contributed by atoms with Crippen LogP contribution in [-0.2, 0) is 29.1 Å². The topological polar surface area (TPSA) is 76.2 Å². The fourth-order valence-corrected chi connectivity index (χ4v) is 2.76. The number of nitrogens with zero attached hydrogens (tertiary/aromatic N) is 1. The van der Waals surface area contributed by atoms with Crippen LogP contribution >= 0.6 is 0 Å². The second-order valence-electron chi connectivity index (χ2n) is 5.68. The van der Waals surface area contributed by atoms with Crippen molar-refractivity contribution >= 4 is 5.91 Å². The maximum absolute atomic E-state index is 12.4. The van der Waals surface area contributed by atoms with Crippen molar-refractivity contribution in [2.75, 3.05) is 13.7 Å². The fraction of sp³-hybridized carbons (Fsp3) is 0.412. The number of H-pyrrole nitrogens is 1. The average Bonchev–Trinajstić information content (AvgIpc) is 2.89. The maximum Gasteiger partial charge on any atom is 0.223 e. The molecule has 1 unspecified atom stereocenters. The van der Waals surface area contributed by atoms with Gasteiger partial charge in [0.25, 0.3) is 0 Å². The summed E-state index contributed by atoms with van der Waals surface area (Å²) in [7, 11) is 1.63. The molecule has 0 fully saturated rings.